The third-order valence-corrected chi connectivity index (χ3v) is 3.00. The van der Waals surface area contributed by atoms with Crippen molar-refractivity contribution in [2.24, 2.45) is 0 Å². The number of hydrogen-bond donors (Lipinski definition) is 1. The summed E-state index contributed by atoms with van der Waals surface area (Å²) in [6.07, 6.45) is 4.53. The van der Waals surface area contributed by atoms with Gasteiger partial charge in [0.05, 0.1) is 10.7 Å². The largest absolute Gasteiger partial charge is 0.340 e. The van der Waals surface area contributed by atoms with Gasteiger partial charge in [0.15, 0.2) is 0 Å². The van der Waals surface area contributed by atoms with E-state index in [1.807, 2.05) is 11.1 Å². The number of carbonyl (C=O) groups is 1. The summed E-state index contributed by atoms with van der Waals surface area (Å²) in [4.78, 5) is 13.8. The van der Waals surface area contributed by atoms with Crippen molar-refractivity contribution in [2.75, 3.05) is 26.2 Å². The van der Waals surface area contributed by atoms with Crippen molar-refractivity contribution in [1.29, 1.82) is 0 Å². The van der Waals surface area contributed by atoms with Crippen molar-refractivity contribution in [3.8, 4) is 0 Å². The van der Waals surface area contributed by atoms with Crippen LogP contribution < -0.4 is 5.32 Å². The Morgan fingerprint density at radius 2 is 2.29 bits per heavy atom. The molecule has 1 fully saturated rings. The second-order valence-electron chi connectivity index (χ2n) is 3.84. The molecule has 1 aliphatic heterocycles. The van der Waals surface area contributed by atoms with Crippen molar-refractivity contribution in [3.05, 3.63) is 16.9 Å². The second-order valence-corrected chi connectivity index (χ2v) is 4.76. The first-order chi connectivity index (χ1) is 7.75. The number of halogens is 2. The van der Waals surface area contributed by atoms with Crippen molar-refractivity contribution in [2.45, 2.75) is 13.0 Å². The normalized spacial score (nSPS) is 16.2. The molecule has 17 heavy (non-hydrogen) atoms. The van der Waals surface area contributed by atoms with E-state index in [4.69, 9.17) is 0 Å². The van der Waals surface area contributed by atoms with E-state index < -0.39 is 0 Å². The van der Waals surface area contributed by atoms with E-state index in [-0.39, 0.29) is 18.3 Å². The van der Waals surface area contributed by atoms with E-state index in [0.29, 0.717) is 6.54 Å². The monoisotopic (exact) mass is 322 g/mol. The fourth-order valence-electron chi connectivity index (χ4n) is 1.76. The van der Waals surface area contributed by atoms with Gasteiger partial charge in [-0.1, -0.05) is 0 Å². The van der Waals surface area contributed by atoms with Crippen LogP contribution in [-0.2, 0) is 11.3 Å². The highest BCUT2D eigenvalue weighted by Crippen LogP contribution is 2.06. The molecular weight excluding hydrogens is 307 g/mol. The number of carbonyl (C=O) groups excluding carboxylic acids is 1. The Bertz CT molecular complexity index is 363. The number of hydrogen-bond acceptors (Lipinski definition) is 3. The highest BCUT2D eigenvalue weighted by atomic mass is 79.9. The predicted octanol–water partition coefficient (Wildman–Crippen LogP) is 0.889. The van der Waals surface area contributed by atoms with Crippen LogP contribution in [0.15, 0.2) is 16.9 Å². The van der Waals surface area contributed by atoms with E-state index in [1.165, 1.54) is 0 Å². The Balaban J connectivity index is 0.00000144. The predicted molar refractivity (Wildman–Crippen MR) is 71.2 cm³/mol. The Labute approximate surface area is 115 Å². The summed E-state index contributed by atoms with van der Waals surface area (Å²) < 4.78 is 2.56. The Morgan fingerprint density at radius 1 is 1.47 bits per heavy atom. The van der Waals surface area contributed by atoms with Crippen molar-refractivity contribution in [3.63, 3.8) is 0 Å². The van der Waals surface area contributed by atoms with E-state index in [1.54, 1.807) is 10.9 Å². The molecule has 1 aromatic heterocycles. The maximum absolute atomic E-state index is 12.0. The van der Waals surface area contributed by atoms with Crippen LogP contribution in [0.2, 0.25) is 0 Å². The van der Waals surface area contributed by atoms with Crippen LogP contribution >= 0.6 is 28.3 Å². The summed E-state index contributed by atoms with van der Waals surface area (Å²) in [6.45, 7) is 3.84. The highest BCUT2D eigenvalue weighted by molar-refractivity contribution is 9.10. The molecule has 0 saturated carbocycles. The smallest absolute Gasteiger partial charge is 0.244 e. The van der Waals surface area contributed by atoms with Crippen LogP contribution in [0.1, 0.15) is 6.42 Å². The van der Waals surface area contributed by atoms with Gasteiger partial charge in [0.2, 0.25) is 5.91 Å². The summed E-state index contributed by atoms with van der Waals surface area (Å²) in [5, 5.41) is 7.36. The number of amides is 1. The zero-order valence-corrected chi connectivity index (χ0v) is 11.8. The maximum atomic E-state index is 12.0. The lowest BCUT2D eigenvalue weighted by molar-refractivity contribution is -0.131. The molecule has 1 amide bonds. The second kappa shape index (κ2) is 6.98. The number of rotatable bonds is 2. The molecule has 0 aromatic carbocycles. The van der Waals surface area contributed by atoms with Crippen LogP contribution in [-0.4, -0.2) is 46.8 Å². The average Bonchev–Trinajstić information content (AvgIpc) is 2.56. The van der Waals surface area contributed by atoms with E-state index in [2.05, 4.69) is 26.3 Å². The fourth-order valence-corrected chi connectivity index (χ4v) is 2.09. The molecule has 0 bridgehead atoms. The zero-order valence-electron chi connectivity index (χ0n) is 9.43. The van der Waals surface area contributed by atoms with Crippen molar-refractivity contribution < 1.29 is 4.79 Å². The van der Waals surface area contributed by atoms with E-state index >= 15 is 0 Å². The molecule has 7 heteroatoms. The van der Waals surface area contributed by atoms with Crippen LogP contribution in [0, 0.1) is 0 Å². The van der Waals surface area contributed by atoms with E-state index in [0.717, 1.165) is 37.1 Å². The molecule has 96 valence electrons. The minimum Gasteiger partial charge on any atom is -0.340 e. The fraction of sp³-hybridized carbons (Fsp3) is 0.600. The zero-order chi connectivity index (χ0) is 11.4. The average molecular weight is 324 g/mol. The standard InChI is InChI=1S/C10H15BrN4O.ClH/c11-9-6-13-15(7-9)8-10(16)14-4-1-2-12-3-5-14;/h6-7,12H,1-5,8H2;1H. The Hall–Kier alpha value is -0.590. The summed E-state index contributed by atoms with van der Waals surface area (Å²) in [7, 11) is 0. The lowest BCUT2D eigenvalue weighted by Gasteiger charge is -2.19. The van der Waals surface area contributed by atoms with Gasteiger partial charge in [-0.05, 0) is 28.9 Å². The summed E-state index contributed by atoms with van der Waals surface area (Å²) in [6, 6.07) is 0. The lowest BCUT2D eigenvalue weighted by Crippen LogP contribution is -2.36. The van der Waals surface area contributed by atoms with Gasteiger partial charge in [-0.2, -0.15) is 5.10 Å². The van der Waals surface area contributed by atoms with Gasteiger partial charge in [0.25, 0.3) is 0 Å². The maximum Gasteiger partial charge on any atom is 0.244 e. The molecule has 0 unspecified atom stereocenters. The molecule has 5 nitrogen and oxygen atoms in total. The molecule has 1 saturated heterocycles. The van der Waals surface area contributed by atoms with Crippen molar-refractivity contribution >= 4 is 34.2 Å². The first-order valence-electron chi connectivity index (χ1n) is 5.42. The highest BCUT2D eigenvalue weighted by Gasteiger charge is 2.15. The topological polar surface area (TPSA) is 50.2 Å². The summed E-state index contributed by atoms with van der Waals surface area (Å²) >= 11 is 3.31. The third kappa shape index (κ3) is 4.29. The molecule has 1 N–H and O–H groups in total. The molecule has 0 atom stereocenters. The van der Waals surface area contributed by atoms with Crippen LogP contribution in [0.5, 0.6) is 0 Å². The molecule has 2 heterocycles. The minimum atomic E-state index is 0. The summed E-state index contributed by atoms with van der Waals surface area (Å²) in [5.74, 6) is 0.138. The van der Waals surface area contributed by atoms with Gasteiger partial charge in [-0.25, -0.2) is 0 Å². The first kappa shape index (κ1) is 14.5. The molecule has 0 aliphatic carbocycles. The quantitative estimate of drug-likeness (QED) is 0.879. The van der Waals surface area contributed by atoms with Crippen LogP contribution in [0.3, 0.4) is 0 Å². The molecule has 0 spiro atoms. The molecule has 1 aliphatic rings. The van der Waals surface area contributed by atoms with Gasteiger partial charge in [0, 0.05) is 25.8 Å². The van der Waals surface area contributed by atoms with Gasteiger partial charge in [-0.3, -0.25) is 9.48 Å². The van der Waals surface area contributed by atoms with Crippen LogP contribution in [0.4, 0.5) is 0 Å². The van der Waals surface area contributed by atoms with Gasteiger partial charge >= 0.3 is 0 Å². The third-order valence-electron chi connectivity index (χ3n) is 2.59. The molecule has 1 aromatic rings. The van der Waals surface area contributed by atoms with Crippen LogP contribution in [0.25, 0.3) is 0 Å². The van der Waals surface area contributed by atoms with Gasteiger partial charge in [0.1, 0.15) is 6.54 Å². The minimum absolute atomic E-state index is 0. The van der Waals surface area contributed by atoms with E-state index in [9.17, 15) is 4.79 Å². The number of nitrogens with one attached hydrogen (secondary N) is 1. The van der Waals surface area contributed by atoms with Gasteiger partial charge < -0.3 is 10.2 Å². The Kier molecular flexibility index (Phi) is 5.94. The lowest BCUT2D eigenvalue weighted by atomic mass is 10.4. The first-order valence-corrected chi connectivity index (χ1v) is 6.21. The van der Waals surface area contributed by atoms with Crippen molar-refractivity contribution in [1.82, 2.24) is 20.0 Å². The summed E-state index contributed by atoms with van der Waals surface area (Å²) in [5.41, 5.74) is 0. The molecular formula is C10H16BrClN4O. The number of nitrogens with zero attached hydrogens (tertiary/aromatic N) is 3. The molecule has 2 rings (SSSR count). The molecule has 0 radical (unpaired) electrons. The van der Waals surface area contributed by atoms with Gasteiger partial charge in [-0.15, -0.1) is 12.4 Å². The SMILES string of the molecule is Cl.O=C(Cn1cc(Br)cn1)N1CCCNCC1. The Morgan fingerprint density at radius 3 is 3.00 bits per heavy atom. The number of aromatic nitrogens is 2.